The van der Waals surface area contributed by atoms with Gasteiger partial charge in [-0.3, -0.25) is 14.5 Å². The van der Waals surface area contributed by atoms with E-state index in [1.165, 1.54) is 24.8 Å². The average molecular weight is 344 g/mol. The standard InChI is InChI=1S/C18H21FN4O2/c19-14-6-4-13(5-7-14)16(23-8-2-1-3-9-23)11-22-18(25)15-10-21-17(24)12-20-15/h4-7,10,12,16H,1-3,8-9,11H2,(H,21,24)(H,22,25)/t16-/m0/s1. The van der Waals surface area contributed by atoms with E-state index in [0.29, 0.717) is 6.54 Å². The molecule has 132 valence electrons. The molecule has 1 aliphatic rings. The minimum Gasteiger partial charge on any atom is -0.349 e. The highest BCUT2D eigenvalue weighted by atomic mass is 19.1. The molecule has 2 heterocycles. The number of rotatable bonds is 5. The number of carbonyl (C=O) groups is 1. The molecule has 0 spiro atoms. The Morgan fingerprint density at radius 3 is 2.60 bits per heavy atom. The van der Waals surface area contributed by atoms with Crippen molar-refractivity contribution >= 4 is 5.91 Å². The maximum absolute atomic E-state index is 13.2. The summed E-state index contributed by atoms with van der Waals surface area (Å²) < 4.78 is 13.2. The van der Waals surface area contributed by atoms with Gasteiger partial charge in [0.1, 0.15) is 11.5 Å². The highest BCUT2D eigenvalue weighted by Crippen LogP contribution is 2.24. The molecule has 2 aromatic rings. The number of piperidine rings is 1. The van der Waals surface area contributed by atoms with Crippen molar-refractivity contribution in [2.45, 2.75) is 25.3 Å². The van der Waals surface area contributed by atoms with E-state index in [1.807, 2.05) is 0 Å². The second-order valence-corrected chi connectivity index (χ2v) is 6.17. The number of halogens is 1. The first-order valence-electron chi connectivity index (χ1n) is 8.46. The number of likely N-dealkylation sites (tertiary alicyclic amines) is 1. The van der Waals surface area contributed by atoms with Crippen molar-refractivity contribution in [2.24, 2.45) is 0 Å². The number of amides is 1. The van der Waals surface area contributed by atoms with Gasteiger partial charge in [0, 0.05) is 12.7 Å². The summed E-state index contributed by atoms with van der Waals surface area (Å²) in [5.41, 5.74) is 0.781. The Bertz CT molecular complexity index is 749. The first-order chi connectivity index (χ1) is 12.1. The summed E-state index contributed by atoms with van der Waals surface area (Å²) >= 11 is 0. The molecule has 0 radical (unpaired) electrons. The van der Waals surface area contributed by atoms with Gasteiger partial charge in [0.2, 0.25) is 0 Å². The van der Waals surface area contributed by atoms with Crippen LogP contribution in [0.4, 0.5) is 4.39 Å². The van der Waals surface area contributed by atoms with E-state index < -0.39 is 0 Å². The van der Waals surface area contributed by atoms with Crippen LogP contribution in [0, 0.1) is 5.82 Å². The molecule has 0 unspecified atom stereocenters. The van der Waals surface area contributed by atoms with Gasteiger partial charge in [0.15, 0.2) is 0 Å². The van der Waals surface area contributed by atoms with Crippen molar-refractivity contribution in [3.63, 3.8) is 0 Å². The predicted molar refractivity (Wildman–Crippen MR) is 91.8 cm³/mol. The molecule has 1 amide bonds. The molecule has 3 rings (SSSR count). The molecule has 6 nitrogen and oxygen atoms in total. The summed E-state index contributed by atoms with van der Waals surface area (Å²) in [6.07, 6.45) is 5.82. The second kappa shape index (κ2) is 8.02. The zero-order valence-corrected chi connectivity index (χ0v) is 13.9. The van der Waals surface area contributed by atoms with E-state index in [9.17, 15) is 14.0 Å². The van der Waals surface area contributed by atoms with E-state index in [-0.39, 0.29) is 29.0 Å². The molecular formula is C18H21FN4O2. The Balaban J connectivity index is 1.72. The minimum atomic E-state index is -0.353. The van der Waals surface area contributed by atoms with Gasteiger partial charge in [-0.2, -0.15) is 0 Å². The largest absolute Gasteiger partial charge is 0.349 e. The van der Waals surface area contributed by atoms with Crippen molar-refractivity contribution in [2.75, 3.05) is 19.6 Å². The molecule has 0 bridgehead atoms. The number of H-pyrrole nitrogens is 1. The average Bonchev–Trinajstić information content (AvgIpc) is 2.64. The molecule has 1 saturated heterocycles. The molecule has 0 aliphatic carbocycles. The van der Waals surface area contributed by atoms with Crippen LogP contribution in [0.5, 0.6) is 0 Å². The van der Waals surface area contributed by atoms with Crippen molar-refractivity contribution in [3.05, 3.63) is 64.1 Å². The number of benzene rings is 1. The lowest BCUT2D eigenvalue weighted by molar-refractivity contribution is 0.0919. The molecule has 1 aromatic heterocycles. The Kier molecular flexibility index (Phi) is 5.55. The lowest BCUT2D eigenvalue weighted by atomic mass is 10.0. The SMILES string of the molecule is O=C(NC[C@@H](c1ccc(F)cc1)N1CCCCC1)c1c[nH]c(=O)cn1. The number of hydrogen-bond donors (Lipinski definition) is 2. The zero-order chi connectivity index (χ0) is 17.6. The van der Waals surface area contributed by atoms with Crippen LogP contribution in [0.25, 0.3) is 0 Å². The van der Waals surface area contributed by atoms with Crippen LogP contribution in [0.1, 0.15) is 41.4 Å². The smallest absolute Gasteiger partial charge is 0.271 e. The number of hydrogen-bond acceptors (Lipinski definition) is 4. The predicted octanol–water partition coefficient (Wildman–Crippen LogP) is 1.87. The lowest BCUT2D eigenvalue weighted by Gasteiger charge is -2.35. The monoisotopic (exact) mass is 344 g/mol. The summed E-state index contributed by atoms with van der Waals surface area (Å²) in [6.45, 7) is 2.30. The Morgan fingerprint density at radius 2 is 1.96 bits per heavy atom. The molecule has 25 heavy (non-hydrogen) atoms. The normalized spacial score (nSPS) is 16.4. The first-order valence-corrected chi connectivity index (χ1v) is 8.46. The Hall–Kier alpha value is -2.54. The maximum atomic E-state index is 13.2. The van der Waals surface area contributed by atoms with Crippen LogP contribution < -0.4 is 10.9 Å². The second-order valence-electron chi connectivity index (χ2n) is 6.17. The van der Waals surface area contributed by atoms with Crippen molar-refractivity contribution in [3.8, 4) is 0 Å². The van der Waals surface area contributed by atoms with Crippen molar-refractivity contribution < 1.29 is 9.18 Å². The number of aromatic amines is 1. The van der Waals surface area contributed by atoms with E-state index in [1.54, 1.807) is 12.1 Å². The summed E-state index contributed by atoms with van der Waals surface area (Å²) in [6, 6.07) is 6.39. The third kappa shape index (κ3) is 4.51. The highest BCUT2D eigenvalue weighted by molar-refractivity contribution is 5.91. The molecule has 1 aliphatic heterocycles. The van der Waals surface area contributed by atoms with Crippen LogP contribution in [-0.2, 0) is 0 Å². The first kappa shape index (κ1) is 17.3. The number of carbonyl (C=O) groups excluding carboxylic acids is 1. The van der Waals surface area contributed by atoms with Crippen LogP contribution in [0.3, 0.4) is 0 Å². The fourth-order valence-electron chi connectivity index (χ4n) is 3.12. The zero-order valence-electron chi connectivity index (χ0n) is 13.9. The maximum Gasteiger partial charge on any atom is 0.271 e. The van der Waals surface area contributed by atoms with Gasteiger partial charge in [-0.15, -0.1) is 0 Å². The molecule has 1 aromatic carbocycles. The molecular weight excluding hydrogens is 323 g/mol. The van der Waals surface area contributed by atoms with Gasteiger partial charge in [0.05, 0.1) is 12.2 Å². The van der Waals surface area contributed by atoms with Crippen molar-refractivity contribution in [1.29, 1.82) is 0 Å². The fraction of sp³-hybridized carbons (Fsp3) is 0.389. The van der Waals surface area contributed by atoms with Gasteiger partial charge >= 0.3 is 0 Å². The molecule has 1 fully saturated rings. The van der Waals surface area contributed by atoms with Gasteiger partial charge < -0.3 is 10.3 Å². The van der Waals surface area contributed by atoms with E-state index in [4.69, 9.17) is 0 Å². The Labute approximate surface area is 145 Å². The summed E-state index contributed by atoms with van der Waals surface area (Å²) in [5, 5.41) is 2.87. The number of nitrogens with zero attached hydrogens (tertiary/aromatic N) is 2. The highest BCUT2D eigenvalue weighted by Gasteiger charge is 2.23. The number of aromatic nitrogens is 2. The summed E-state index contributed by atoms with van der Waals surface area (Å²) in [5.74, 6) is -0.622. The van der Waals surface area contributed by atoms with Gasteiger partial charge in [-0.1, -0.05) is 18.6 Å². The molecule has 2 N–H and O–H groups in total. The van der Waals surface area contributed by atoms with Crippen LogP contribution >= 0.6 is 0 Å². The van der Waals surface area contributed by atoms with Crippen molar-refractivity contribution in [1.82, 2.24) is 20.2 Å². The molecule has 1 atom stereocenters. The molecule has 7 heteroatoms. The van der Waals surface area contributed by atoms with E-state index in [2.05, 4.69) is 20.2 Å². The quantitative estimate of drug-likeness (QED) is 0.868. The Morgan fingerprint density at radius 1 is 1.24 bits per heavy atom. The van der Waals surface area contributed by atoms with Crippen LogP contribution in [0.2, 0.25) is 0 Å². The van der Waals surface area contributed by atoms with Gasteiger partial charge in [-0.25, -0.2) is 9.37 Å². The van der Waals surface area contributed by atoms with E-state index >= 15 is 0 Å². The van der Waals surface area contributed by atoms with Gasteiger partial charge in [-0.05, 0) is 43.6 Å². The fourth-order valence-corrected chi connectivity index (χ4v) is 3.12. The van der Waals surface area contributed by atoms with E-state index in [0.717, 1.165) is 37.7 Å². The van der Waals surface area contributed by atoms with Gasteiger partial charge in [0.25, 0.3) is 11.5 Å². The third-order valence-electron chi connectivity index (χ3n) is 4.45. The minimum absolute atomic E-state index is 0.0207. The topological polar surface area (TPSA) is 78.1 Å². The summed E-state index contributed by atoms with van der Waals surface area (Å²) in [7, 11) is 0. The number of nitrogens with one attached hydrogen (secondary N) is 2. The van der Waals surface area contributed by atoms with Crippen LogP contribution in [-0.4, -0.2) is 40.4 Å². The van der Waals surface area contributed by atoms with Crippen LogP contribution in [0.15, 0.2) is 41.5 Å². The molecule has 0 saturated carbocycles. The third-order valence-corrected chi connectivity index (χ3v) is 4.45. The lowest BCUT2D eigenvalue weighted by Crippen LogP contribution is -2.40. The summed E-state index contributed by atoms with van der Waals surface area (Å²) in [4.78, 5) is 31.9.